The molecule has 2 amide bonds. The van der Waals surface area contributed by atoms with E-state index in [4.69, 9.17) is 9.15 Å². The molecule has 0 saturated carbocycles. The monoisotopic (exact) mass is 456 g/mol. The smallest absolute Gasteiger partial charge is 0.322 e. The second kappa shape index (κ2) is 9.68. The number of carbonyl (C=O) groups is 1. The molecule has 1 fully saturated rings. The van der Waals surface area contributed by atoms with Crippen molar-refractivity contribution < 1.29 is 22.7 Å². The molecule has 0 radical (unpaired) electrons. The van der Waals surface area contributed by atoms with Gasteiger partial charge in [0.05, 0.1) is 5.54 Å². The Morgan fingerprint density at radius 1 is 1.24 bits per heavy atom. The number of carbonyl (C=O) groups excluding carboxylic acids is 1. The summed E-state index contributed by atoms with van der Waals surface area (Å²) in [6.45, 7) is 3.06. The minimum Gasteiger partial charge on any atom is -0.420 e. The first kappa shape index (κ1) is 22.9. The minimum absolute atomic E-state index is 0.239. The molecular formula is C24H26F2N4O3. The Kier molecular flexibility index (Phi) is 6.71. The summed E-state index contributed by atoms with van der Waals surface area (Å²) in [4.78, 5) is 17.4. The van der Waals surface area contributed by atoms with Gasteiger partial charge >= 0.3 is 6.03 Å². The van der Waals surface area contributed by atoms with E-state index < -0.39 is 23.2 Å². The third-order valence-corrected chi connectivity index (χ3v) is 5.96. The van der Waals surface area contributed by atoms with Crippen LogP contribution in [0.5, 0.6) is 0 Å². The number of nitrogens with one attached hydrogen (secondary N) is 3. The number of aromatic nitrogens is 1. The van der Waals surface area contributed by atoms with Crippen molar-refractivity contribution in [1.29, 1.82) is 0 Å². The van der Waals surface area contributed by atoms with Crippen LogP contribution in [0.15, 0.2) is 52.9 Å². The fraction of sp³-hybridized carbons (Fsp3) is 0.333. The number of urea groups is 1. The van der Waals surface area contributed by atoms with Gasteiger partial charge in [-0.25, -0.2) is 18.6 Å². The SMILES string of the molecule is COCC[C@@]1(NC(=O)Nc2oc(-c3ccccc3)nc2C)CNC[C@H]1c1ccc(F)c(F)c1. The zero-order valence-corrected chi connectivity index (χ0v) is 18.5. The van der Waals surface area contributed by atoms with Crippen LogP contribution in [-0.4, -0.2) is 43.4 Å². The summed E-state index contributed by atoms with van der Waals surface area (Å²) in [5.74, 6) is -1.48. The molecular weight excluding hydrogens is 430 g/mol. The highest BCUT2D eigenvalue weighted by atomic mass is 19.2. The van der Waals surface area contributed by atoms with E-state index in [1.54, 1.807) is 20.1 Å². The first-order valence-corrected chi connectivity index (χ1v) is 10.7. The van der Waals surface area contributed by atoms with Gasteiger partial charge in [0.25, 0.3) is 0 Å². The molecule has 1 saturated heterocycles. The fourth-order valence-corrected chi connectivity index (χ4v) is 4.24. The van der Waals surface area contributed by atoms with Gasteiger partial charge in [-0.1, -0.05) is 24.3 Å². The number of hydrogen-bond acceptors (Lipinski definition) is 5. The molecule has 3 aromatic rings. The first-order chi connectivity index (χ1) is 15.9. The average molecular weight is 456 g/mol. The average Bonchev–Trinajstić information content (AvgIpc) is 3.38. The number of rotatable bonds is 7. The lowest BCUT2D eigenvalue weighted by Crippen LogP contribution is -2.55. The van der Waals surface area contributed by atoms with Crippen molar-refractivity contribution in [2.75, 3.05) is 32.1 Å². The van der Waals surface area contributed by atoms with E-state index in [9.17, 15) is 13.6 Å². The molecule has 3 N–H and O–H groups in total. The van der Waals surface area contributed by atoms with Crippen LogP contribution in [0.3, 0.4) is 0 Å². The van der Waals surface area contributed by atoms with E-state index in [1.807, 2.05) is 30.3 Å². The van der Waals surface area contributed by atoms with Gasteiger partial charge in [0, 0.05) is 38.3 Å². The first-order valence-electron chi connectivity index (χ1n) is 10.7. The number of halogens is 2. The van der Waals surface area contributed by atoms with Crippen molar-refractivity contribution in [2.24, 2.45) is 0 Å². The van der Waals surface area contributed by atoms with Gasteiger partial charge in [-0.15, -0.1) is 0 Å². The van der Waals surface area contributed by atoms with Gasteiger partial charge in [0.15, 0.2) is 11.6 Å². The number of methoxy groups -OCH3 is 1. The summed E-state index contributed by atoms with van der Waals surface area (Å²) in [6, 6.07) is 12.7. The van der Waals surface area contributed by atoms with Crippen LogP contribution in [0.2, 0.25) is 0 Å². The van der Waals surface area contributed by atoms with Crippen molar-refractivity contribution in [3.05, 3.63) is 71.4 Å². The predicted octanol–water partition coefficient (Wildman–Crippen LogP) is 4.21. The molecule has 33 heavy (non-hydrogen) atoms. The topological polar surface area (TPSA) is 88.4 Å². The summed E-state index contributed by atoms with van der Waals surface area (Å²) in [5.41, 5.74) is 1.15. The van der Waals surface area contributed by atoms with E-state index in [0.717, 1.165) is 11.6 Å². The lowest BCUT2D eigenvalue weighted by Gasteiger charge is -2.36. The third kappa shape index (κ3) is 4.89. The zero-order valence-electron chi connectivity index (χ0n) is 18.5. The Morgan fingerprint density at radius 2 is 2.03 bits per heavy atom. The summed E-state index contributed by atoms with van der Waals surface area (Å²) in [6.07, 6.45) is 0.470. The van der Waals surface area contributed by atoms with Crippen LogP contribution < -0.4 is 16.0 Å². The van der Waals surface area contributed by atoms with Gasteiger partial charge < -0.3 is 19.8 Å². The second-order valence-electron chi connectivity index (χ2n) is 8.13. The highest BCUT2D eigenvalue weighted by Crippen LogP contribution is 2.35. The Labute approximate surface area is 190 Å². The molecule has 0 bridgehead atoms. The number of oxazole rings is 1. The van der Waals surface area contributed by atoms with Gasteiger partial charge in [0.1, 0.15) is 5.69 Å². The van der Waals surface area contributed by atoms with E-state index in [2.05, 4.69) is 20.9 Å². The third-order valence-electron chi connectivity index (χ3n) is 5.96. The molecule has 2 aromatic carbocycles. The molecule has 0 unspecified atom stereocenters. The molecule has 7 nitrogen and oxygen atoms in total. The van der Waals surface area contributed by atoms with Gasteiger partial charge in [-0.05, 0) is 43.2 Å². The van der Waals surface area contributed by atoms with Crippen LogP contribution in [0, 0.1) is 18.6 Å². The molecule has 174 valence electrons. The molecule has 1 aromatic heterocycles. The number of nitrogens with zero attached hydrogens (tertiary/aromatic N) is 1. The highest BCUT2D eigenvalue weighted by Gasteiger charge is 2.45. The van der Waals surface area contributed by atoms with Crippen LogP contribution in [0.25, 0.3) is 11.5 Å². The normalized spacial score (nSPS) is 20.1. The lowest BCUT2D eigenvalue weighted by atomic mass is 9.79. The van der Waals surface area contributed by atoms with Crippen molar-refractivity contribution in [3.63, 3.8) is 0 Å². The number of aryl methyl sites for hydroxylation is 1. The lowest BCUT2D eigenvalue weighted by molar-refractivity contribution is 0.155. The number of benzene rings is 2. The Balaban J connectivity index is 1.55. The number of hydrogen-bond donors (Lipinski definition) is 3. The number of anilines is 1. The Morgan fingerprint density at radius 3 is 2.76 bits per heavy atom. The van der Waals surface area contributed by atoms with E-state index in [-0.39, 0.29) is 11.8 Å². The van der Waals surface area contributed by atoms with Gasteiger partial charge in [-0.3, -0.25) is 5.32 Å². The van der Waals surface area contributed by atoms with Crippen molar-refractivity contribution >= 4 is 11.9 Å². The number of ether oxygens (including phenoxy) is 1. The van der Waals surface area contributed by atoms with Crippen LogP contribution in [0.1, 0.15) is 23.6 Å². The predicted molar refractivity (Wildman–Crippen MR) is 120 cm³/mol. The Bertz CT molecular complexity index is 1120. The van der Waals surface area contributed by atoms with Crippen LogP contribution in [0.4, 0.5) is 19.5 Å². The van der Waals surface area contributed by atoms with Crippen LogP contribution in [-0.2, 0) is 4.74 Å². The molecule has 1 aliphatic heterocycles. The molecule has 0 spiro atoms. The van der Waals surface area contributed by atoms with Gasteiger partial charge in [0.2, 0.25) is 11.8 Å². The highest BCUT2D eigenvalue weighted by molar-refractivity contribution is 5.89. The van der Waals surface area contributed by atoms with Crippen molar-refractivity contribution in [3.8, 4) is 11.5 Å². The second-order valence-corrected chi connectivity index (χ2v) is 8.13. The van der Waals surface area contributed by atoms with E-state index in [1.165, 1.54) is 6.07 Å². The van der Waals surface area contributed by atoms with Crippen molar-refractivity contribution in [1.82, 2.24) is 15.6 Å². The summed E-state index contributed by atoms with van der Waals surface area (Å²) in [7, 11) is 1.58. The van der Waals surface area contributed by atoms with Crippen molar-refractivity contribution in [2.45, 2.75) is 24.8 Å². The largest absolute Gasteiger partial charge is 0.420 e. The molecule has 0 aliphatic carbocycles. The zero-order chi connectivity index (χ0) is 23.4. The molecule has 9 heteroatoms. The van der Waals surface area contributed by atoms with Gasteiger partial charge in [-0.2, -0.15) is 0 Å². The van der Waals surface area contributed by atoms with Crippen LogP contribution >= 0.6 is 0 Å². The summed E-state index contributed by atoms with van der Waals surface area (Å²) in [5, 5.41) is 9.04. The quantitative estimate of drug-likeness (QED) is 0.496. The minimum atomic E-state index is -0.921. The van der Waals surface area contributed by atoms with E-state index in [0.29, 0.717) is 43.3 Å². The fourth-order valence-electron chi connectivity index (χ4n) is 4.24. The molecule has 2 atom stereocenters. The number of amides is 2. The molecule has 1 aliphatic rings. The Hall–Kier alpha value is -3.30. The standard InChI is InChI=1S/C24H26F2N4O3/c1-15-21(33-22(28-15)16-6-4-3-5-7-16)29-23(31)30-24(10-11-32-2)14-27-13-18(24)17-8-9-19(25)20(26)12-17/h3-9,12,18,27H,10-11,13-14H2,1-2H3,(H2,29,30,31)/t18-,24+/m0/s1. The molecule has 2 heterocycles. The molecule has 4 rings (SSSR count). The maximum Gasteiger partial charge on any atom is 0.322 e. The maximum absolute atomic E-state index is 13.9. The summed E-state index contributed by atoms with van der Waals surface area (Å²) < 4.78 is 38.5. The maximum atomic E-state index is 13.9. The summed E-state index contributed by atoms with van der Waals surface area (Å²) >= 11 is 0. The van der Waals surface area contributed by atoms with E-state index >= 15 is 0 Å².